The van der Waals surface area contributed by atoms with Crippen LogP contribution in [0.25, 0.3) is 0 Å². The average Bonchev–Trinajstić information content (AvgIpc) is 3.49. The summed E-state index contributed by atoms with van der Waals surface area (Å²) >= 11 is 0. The predicted molar refractivity (Wildman–Crippen MR) is 155 cm³/mol. The van der Waals surface area contributed by atoms with Crippen molar-refractivity contribution in [3.05, 3.63) is 138 Å². The first-order valence-corrected chi connectivity index (χ1v) is 14.0. The Labute approximate surface area is 241 Å². The highest BCUT2D eigenvalue weighted by Crippen LogP contribution is 2.43. The number of rotatable bonds is 10. The highest BCUT2D eigenvalue weighted by molar-refractivity contribution is 5.47. The number of benzene rings is 4. The highest BCUT2D eigenvalue weighted by Gasteiger charge is 2.56. The minimum absolute atomic E-state index is 0.256. The Balaban J connectivity index is 1.32. The van der Waals surface area contributed by atoms with Gasteiger partial charge in [0.05, 0.1) is 20.3 Å². The molecule has 0 aromatic heterocycles. The highest BCUT2D eigenvalue weighted by atomic mass is 16.8. The zero-order valence-corrected chi connectivity index (χ0v) is 23.6. The minimum Gasteiger partial charge on any atom is -0.497 e. The summed E-state index contributed by atoms with van der Waals surface area (Å²) in [5, 5.41) is 0. The van der Waals surface area contributed by atoms with Crippen LogP contribution in [-0.2, 0) is 35.9 Å². The van der Waals surface area contributed by atoms with Crippen molar-refractivity contribution in [2.75, 3.05) is 13.7 Å². The monoisotopic (exact) mass is 552 g/mol. The predicted octanol–water partition coefficient (Wildman–Crippen LogP) is 6.47. The van der Waals surface area contributed by atoms with Gasteiger partial charge in [-0.15, -0.1) is 0 Å². The first-order chi connectivity index (χ1) is 20.0. The van der Waals surface area contributed by atoms with E-state index in [1.165, 1.54) is 0 Å². The van der Waals surface area contributed by atoms with Crippen LogP contribution in [0, 0.1) is 0 Å². The van der Waals surface area contributed by atoms with Crippen LogP contribution in [0.5, 0.6) is 5.75 Å². The van der Waals surface area contributed by atoms with E-state index < -0.39 is 29.9 Å². The molecule has 41 heavy (non-hydrogen) atoms. The lowest BCUT2D eigenvalue weighted by molar-refractivity contribution is -0.227. The van der Waals surface area contributed by atoms with Crippen LogP contribution in [0.15, 0.2) is 115 Å². The summed E-state index contributed by atoms with van der Waals surface area (Å²) in [5.74, 6) is 0.0442. The van der Waals surface area contributed by atoms with Crippen molar-refractivity contribution in [3.8, 4) is 5.75 Å². The van der Waals surface area contributed by atoms with Crippen molar-refractivity contribution in [2.24, 2.45) is 0 Å². The molecule has 0 N–H and O–H groups in total. The molecule has 0 saturated carbocycles. The molecular formula is C35H36O6. The van der Waals surface area contributed by atoms with E-state index in [1.807, 2.05) is 92.7 Å². The summed E-state index contributed by atoms with van der Waals surface area (Å²) in [6.45, 7) is 4.44. The molecule has 4 aromatic carbocycles. The van der Waals surface area contributed by atoms with E-state index in [4.69, 9.17) is 28.4 Å². The van der Waals surface area contributed by atoms with Crippen molar-refractivity contribution < 1.29 is 28.4 Å². The van der Waals surface area contributed by atoms with Crippen molar-refractivity contribution >= 4 is 0 Å². The van der Waals surface area contributed by atoms with Crippen molar-refractivity contribution in [3.63, 3.8) is 0 Å². The largest absolute Gasteiger partial charge is 0.497 e. The average molecular weight is 553 g/mol. The van der Waals surface area contributed by atoms with Crippen molar-refractivity contribution in [1.29, 1.82) is 0 Å². The molecule has 4 atom stereocenters. The Bertz CT molecular complexity index is 1290. The van der Waals surface area contributed by atoms with E-state index in [0.29, 0.717) is 6.61 Å². The van der Waals surface area contributed by atoms with Crippen molar-refractivity contribution in [2.45, 2.75) is 56.4 Å². The van der Waals surface area contributed by atoms with Gasteiger partial charge in [-0.1, -0.05) is 103 Å². The lowest BCUT2D eigenvalue weighted by Crippen LogP contribution is -2.42. The lowest BCUT2D eigenvalue weighted by Gasteiger charge is -2.37. The number of hydrogen-bond acceptors (Lipinski definition) is 6. The normalized spacial score (nSPS) is 23.3. The standard InChI is InChI=1S/C35H36O6/c1-34(2)40-32-31(37-23-25-19-21-29(36-3)22-20-25)30(39-33(32)41-34)24-38-35(26-13-7-4-8-14-26,27-15-9-5-10-16-27)28-17-11-6-12-18-28/h4-22,30-33H,23-24H2,1-3H3/t30-,31+,32-,33?/m1/s1. The fourth-order valence-corrected chi connectivity index (χ4v) is 5.77. The zero-order chi connectivity index (χ0) is 28.3. The van der Waals surface area contributed by atoms with E-state index in [1.54, 1.807) is 7.11 Å². The molecule has 0 radical (unpaired) electrons. The summed E-state index contributed by atoms with van der Waals surface area (Å²) in [6.07, 6.45) is -1.74. The van der Waals surface area contributed by atoms with Gasteiger partial charge in [-0.25, -0.2) is 0 Å². The maximum absolute atomic E-state index is 7.07. The van der Waals surface area contributed by atoms with Gasteiger partial charge in [-0.2, -0.15) is 0 Å². The second-order valence-corrected chi connectivity index (χ2v) is 10.9. The molecule has 0 amide bonds. The fraction of sp³-hybridized carbons (Fsp3) is 0.314. The lowest BCUT2D eigenvalue weighted by atomic mass is 9.80. The molecule has 6 rings (SSSR count). The molecule has 2 aliphatic rings. The Kier molecular flexibility index (Phi) is 7.93. The van der Waals surface area contributed by atoms with E-state index in [2.05, 4.69) is 36.4 Å². The SMILES string of the molecule is COc1ccc(CO[C@H]2[C@@H](COC(c3ccccc3)(c3ccccc3)c3ccccc3)OC3OC(C)(C)O[C@@H]32)cc1. The third-order valence-electron chi connectivity index (χ3n) is 7.69. The van der Waals surface area contributed by atoms with E-state index in [-0.39, 0.29) is 12.7 Å². The summed E-state index contributed by atoms with van der Waals surface area (Å²) in [5.41, 5.74) is 3.24. The maximum Gasteiger partial charge on any atom is 0.190 e. The topological polar surface area (TPSA) is 55.4 Å². The molecule has 212 valence electrons. The Morgan fingerprint density at radius 1 is 0.707 bits per heavy atom. The van der Waals surface area contributed by atoms with Crippen LogP contribution in [0.4, 0.5) is 0 Å². The van der Waals surface area contributed by atoms with Crippen LogP contribution in [0.2, 0.25) is 0 Å². The first-order valence-electron chi connectivity index (χ1n) is 14.0. The van der Waals surface area contributed by atoms with Gasteiger partial charge < -0.3 is 28.4 Å². The second-order valence-electron chi connectivity index (χ2n) is 10.9. The van der Waals surface area contributed by atoms with E-state index in [9.17, 15) is 0 Å². The van der Waals surface area contributed by atoms with E-state index >= 15 is 0 Å². The molecule has 0 bridgehead atoms. The number of methoxy groups -OCH3 is 1. The van der Waals surface area contributed by atoms with Crippen LogP contribution < -0.4 is 4.74 Å². The van der Waals surface area contributed by atoms with Gasteiger partial charge in [0.25, 0.3) is 0 Å². The molecular weight excluding hydrogens is 516 g/mol. The first kappa shape index (κ1) is 27.6. The molecule has 2 saturated heterocycles. The van der Waals surface area contributed by atoms with Gasteiger partial charge in [0.2, 0.25) is 0 Å². The van der Waals surface area contributed by atoms with Crippen LogP contribution >= 0.6 is 0 Å². The van der Waals surface area contributed by atoms with Crippen LogP contribution in [-0.4, -0.2) is 44.1 Å². The van der Waals surface area contributed by atoms with Gasteiger partial charge in [-0.3, -0.25) is 0 Å². The molecule has 2 fully saturated rings. The van der Waals surface area contributed by atoms with Crippen LogP contribution in [0.1, 0.15) is 36.1 Å². The Morgan fingerprint density at radius 2 is 1.24 bits per heavy atom. The molecule has 1 unspecified atom stereocenters. The molecule has 0 aliphatic carbocycles. The zero-order valence-electron chi connectivity index (χ0n) is 23.6. The molecule has 4 aromatic rings. The third kappa shape index (κ3) is 5.67. The van der Waals surface area contributed by atoms with Gasteiger partial charge >= 0.3 is 0 Å². The van der Waals surface area contributed by atoms with Crippen LogP contribution in [0.3, 0.4) is 0 Å². The van der Waals surface area contributed by atoms with Gasteiger partial charge in [0, 0.05) is 0 Å². The molecule has 2 aliphatic heterocycles. The second kappa shape index (κ2) is 11.8. The summed E-state index contributed by atoms with van der Waals surface area (Å²) < 4.78 is 37.7. The summed E-state index contributed by atoms with van der Waals surface area (Å²) in [7, 11) is 1.66. The molecule has 2 heterocycles. The van der Waals surface area contributed by atoms with Gasteiger partial charge in [-0.05, 0) is 48.2 Å². The fourth-order valence-electron chi connectivity index (χ4n) is 5.77. The smallest absolute Gasteiger partial charge is 0.190 e. The summed E-state index contributed by atoms with van der Waals surface area (Å²) in [6, 6.07) is 38.8. The van der Waals surface area contributed by atoms with E-state index in [0.717, 1.165) is 28.0 Å². The van der Waals surface area contributed by atoms with Crippen molar-refractivity contribution in [1.82, 2.24) is 0 Å². The maximum atomic E-state index is 7.07. The minimum atomic E-state index is -0.869. The van der Waals surface area contributed by atoms with Gasteiger partial charge in [0.1, 0.15) is 29.7 Å². The number of ether oxygens (including phenoxy) is 6. The Morgan fingerprint density at radius 3 is 1.76 bits per heavy atom. The molecule has 6 heteroatoms. The summed E-state index contributed by atoms with van der Waals surface area (Å²) in [4.78, 5) is 0. The third-order valence-corrected chi connectivity index (χ3v) is 7.69. The van der Waals surface area contributed by atoms with Gasteiger partial charge in [0.15, 0.2) is 12.1 Å². The number of fused-ring (bicyclic) bond motifs is 1. The molecule has 0 spiro atoms. The number of hydrogen-bond donors (Lipinski definition) is 0. The molecule has 6 nitrogen and oxygen atoms in total. The quantitative estimate of drug-likeness (QED) is 0.210. The Hall–Kier alpha value is -3.52.